The van der Waals surface area contributed by atoms with E-state index in [-0.39, 0.29) is 0 Å². The highest BCUT2D eigenvalue weighted by Gasteiger charge is 2.18. The summed E-state index contributed by atoms with van der Waals surface area (Å²) in [6, 6.07) is 7.92. The van der Waals surface area contributed by atoms with Crippen molar-refractivity contribution in [3.63, 3.8) is 0 Å². The Morgan fingerprint density at radius 1 is 1.11 bits per heavy atom. The van der Waals surface area contributed by atoms with Crippen LogP contribution in [0.5, 0.6) is 0 Å². The van der Waals surface area contributed by atoms with Gasteiger partial charge < -0.3 is 10.4 Å². The second-order valence-electron chi connectivity index (χ2n) is 7.41. The molecule has 0 aliphatic heterocycles. The number of rotatable bonds is 4. The molecular formula is C21H21ClN4OS. The zero-order chi connectivity index (χ0) is 20.1. The van der Waals surface area contributed by atoms with Crippen LogP contribution in [0, 0.1) is 13.8 Å². The van der Waals surface area contributed by atoms with E-state index in [1.54, 1.807) is 31.4 Å². The summed E-state index contributed by atoms with van der Waals surface area (Å²) in [5, 5.41) is 16.1. The van der Waals surface area contributed by atoms with E-state index in [2.05, 4.69) is 20.3 Å². The molecule has 0 aliphatic carbocycles. The SMILES string of the molecule is Cc1nc(C)c2c(n1)sc1c(NCc3ccc(C(C)(C)O)cc3)ncc(Cl)c12. The number of pyridine rings is 1. The maximum Gasteiger partial charge on any atom is 0.144 e. The van der Waals surface area contributed by atoms with Gasteiger partial charge in [0, 0.05) is 23.5 Å². The number of nitrogens with zero attached hydrogens (tertiary/aromatic N) is 3. The Labute approximate surface area is 172 Å². The molecule has 4 aromatic rings. The summed E-state index contributed by atoms with van der Waals surface area (Å²) in [4.78, 5) is 14.5. The van der Waals surface area contributed by atoms with Gasteiger partial charge in [-0.05, 0) is 38.8 Å². The fraction of sp³-hybridized carbons (Fsp3) is 0.286. The predicted molar refractivity (Wildman–Crippen MR) is 116 cm³/mol. The molecular weight excluding hydrogens is 392 g/mol. The molecule has 0 saturated heterocycles. The molecule has 28 heavy (non-hydrogen) atoms. The molecule has 1 aromatic carbocycles. The normalized spacial score (nSPS) is 12.1. The Morgan fingerprint density at radius 3 is 2.50 bits per heavy atom. The van der Waals surface area contributed by atoms with Crippen molar-refractivity contribution < 1.29 is 5.11 Å². The van der Waals surface area contributed by atoms with Crippen LogP contribution in [0.2, 0.25) is 5.02 Å². The third kappa shape index (κ3) is 3.43. The van der Waals surface area contributed by atoms with E-state index >= 15 is 0 Å². The van der Waals surface area contributed by atoms with Crippen molar-refractivity contribution >= 4 is 49.1 Å². The standard InChI is InChI=1S/C21H21ClN4OS/c1-11-16-17-15(22)10-24-19(18(17)28-20(16)26-12(2)25-11)23-9-13-5-7-14(8-6-13)21(3,4)27/h5-8,10,27H,9H2,1-4H3,(H,23,24). The maximum atomic E-state index is 10.1. The first-order chi connectivity index (χ1) is 13.2. The second-order valence-corrected chi connectivity index (χ2v) is 8.81. The summed E-state index contributed by atoms with van der Waals surface area (Å²) < 4.78 is 0.985. The minimum atomic E-state index is -0.843. The number of aromatic nitrogens is 3. The van der Waals surface area contributed by atoms with Gasteiger partial charge in [0.1, 0.15) is 16.5 Å². The average molecular weight is 413 g/mol. The van der Waals surface area contributed by atoms with E-state index in [0.29, 0.717) is 11.6 Å². The lowest BCUT2D eigenvalue weighted by Crippen LogP contribution is -2.15. The zero-order valence-corrected chi connectivity index (χ0v) is 17.7. The highest BCUT2D eigenvalue weighted by molar-refractivity contribution is 7.26. The van der Waals surface area contributed by atoms with Gasteiger partial charge in [-0.25, -0.2) is 15.0 Å². The van der Waals surface area contributed by atoms with Crippen molar-refractivity contribution in [2.45, 2.75) is 39.8 Å². The molecule has 4 rings (SSSR count). The molecule has 0 atom stereocenters. The van der Waals surface area contributed by atoms with Gasteiger partial charge in [-0.3, -0.25) is 0 Å². The monoisotopic (exact) mass is 412 g/mol. The lowest BCUT2D eigenvalue weighted by atomic mass is 9.97. The number of hydrogen-bond donors (Lipinski definition) is 2. The first-order valence-corrected chi connectivity index (χ1v) is 10.2. The minimum absolute atomic E-state index is 0.608. The molecule has 0 bridgehead atoms. The Morgan fingerprint density at radius 2 is 1.82 bits per heavy atom. The Hall–Kier alpha value is -2.28. The molecule has 2 N–H and O–H groups in total. The van der Waals surface area contributed by atoms with Crippen LogP contribution in [0.1, 0.15) is 36.5 Å². The first-order valence-electron chi connectivity index (χ1n) is 9.01. The fourth-order valence-corrected chi connectivity index (χ4v) is 4.84. The lowest BCUT2D eigenvalue weighted by molar-refractivity contribution is 0.0786. The van der Waals surface area contributed by atoms with Crippen LogP contribution in [0.3, 0.4) is 0 Å². The van der Waals surface area contributed by atoms with E-state index in [4.69, 9.17) is 11.6 Å². The molecule has 3 aromatic heterocycles. The van der Waals surface area contributed by atoms with E-state index < -0.39 is 5.60 Å². The quantitative estimate of drug-likeness (QED) is 0.472. The smallest absolute Gasteiger partial charge is 0.144 e. The van der Waals surface area contributed by atoms with Crippen LogP contribution < -0.4 is 5.32 Å². The van der Waals surface area contributed by atoms with E-state index in [1.165, 1.54) is 0 Å². The summed E-state index contributed by atoms with van der Waals surface area (Å²) in [6.07, 6.45) is 1.68. The van der Waals surface area contributed by atoms with Crippen LogP contribution in [-0.2, 0) is 12.1 Å². The van der Waals surface area contributed by atoms with Crippen LogP contribution in [0.4, 0.5) is 5.82 Å². The van der Waals surface area contributed by atoms with Gasteiger partial charge in [0.15, 0.2) is 0 Å². The molecule has 0 amide bonds. The molecule has 144 valence electrons. The predicted octanol–water partition coefficient (Wildman–Crippen LogP) is 5.35. The number of thiophene rings is 1. The van der Waals surface area contributed by atoms with Crippen molar-refractivity contribution in [3.05, 3.63) is 58.1 Å². The largest absolute Gasteiger partial charge is 0.386 e. The number of fused-ring (bicyclic) bond motifs is 3. The van der Waals surface area contributed by atoms with Crippen molar-refractivity contribution in [1.29, 1.82) is 0 Å². The Kier molecular flexibility index (Phi) is 4.73. The highest BCUT2D eigenvalue weighted by Crippen LogP contribution is 2.41. The number of anilines is 1. The van der Waals surface area contributed by atoms with Crippen LogP contribution in [0.15, 0.2) is 30.5 Å². The van der Waals surface area contributed by atoms with Gasteiger partial charge in [0.2, 0.25) is 0 Å². The minimum Gasteiger partial charge on any atom is -0.386 e. The van der Waals surface area contributed by atoms with Gasteiger partial charge in [-0.2, -0.15) is 0 Å². The number of nitrogens with one attached hydrogen (secondary N) is 1. The molecule has 0 radical (unpaired) electrons. The van der Waals surface area contributed by atoms with Crippen LogP contribution in [0.25, 0.3) is 20.3 Å². The lowest BCUT2D eigenvalue weighted by Gasteiger charge is -2.18. The third-order valence-electron chi connectivity index (χ3n) is 4.73. The zero-order valence-electron chi connectivity index (χ0n) is 16.2. The Bertz CT molecular complexity index is 1180. The van der Waals surface area contributed by atoms with Gasteiger partial charge >= 0.3 is 0 Å². The molecule has 0 fully saturated rings. The number of hydrogen-bond acceptors (Lipinski definition) is 6. The van der Waals surface area contributed by atoms with Crippen molar-refractivity contribution in [2.24, 2.45) is 0 Å². The summed E-state index contributed by atoms with van der Waals surface area (Å²) in [5.41, 5.74) is 2.07. The van der Waals surface area contributed by atoms with Crippen LogP contribution in [-0.4, -0.2) is 20.1 Å². The molecule has 7 heteroatoms. The molecule has 5 nitrogen and oxygen atoms in total. The number of halogens is 1. The third-order valence-corrected chi connectivity index (χ3v) is 6.10. The summed E-state index contributed by atoms with van der Waals surface area (Å²) in [5.74, 6) is 1.54. The van der Waals surface area contributed by atoms with Crippen molar-refractivity contribution in [3.8, 4) is 0 Å². The molecule has 0 unspecified atom stereocenters. The topological polar surface area (TPSA) is 70.9 Å². The highest BCUT2D eigenvalue weighted by atomic mass is 35.5. The van der Waals surface area contributed by atoms with Gasteiger partial charge in [0.05, 0.1) is 21.0 Å². The summed E-state index contributed by atoms with van der Waals surface area (Å²) in [6.45, 7) is 8.06. The molecule has 0 aliphatic rings. The van der Waals surface area contributed by atoms with Gasteiger partial charge in [0.25, 0.3) is 0 Å². The summed E-state index contributed by atoms with van der Waals surface area (Å²) >= 11 is 8.05. The molecule has 3 heterocycles. The van der Waals surface area contributed by atoms with Crippen molar-refractivity contribution in [2.75, 3.05) is 5.32 Å². The van der Waals surface area contributed by atoms with E-state index in [9.17, 15) is 5.11 Å². The van der Waals surface area contributed by atoms with Gasteiger partial charge in [-0.1, -0.05) is 35.9 Å². The molecule has 0 spiro atoms. The second kappa shape index (κ2) is 6.95. The van der Waals surface area contributed by atoms with Crippen LogP contribution >= 0.6 is 22.9 Å². The van der Waals surface area contributed by atoms with E-state index in [0.717, 1.165) is 48.8 Å². The van der Waals surface area contributed by atoms with Gasteiger partial charge in [-0.15, -0.1) is 11.3 Å². The fourth-order valence-electron chi connectivity index (χ4n) is 3.29. The van der Waals surface area contributed by atoms with Crippen molar-refractivity contribution in [1.82, 2.24) is 15.0 Å². The number of benzene rings is 1. The average Bonchev–Trinajstić information content (AvgIpc) is 3.01. The Balaban J connectivity index is 1.70. The number of aryl methyl sites for hydroxylation is 2. The summed E-state index contributed by atoms with van der Waals surface area (Å²) in [7, 11) is 0. The first kappa shape index (κ1) is 19.1. The maximum absolute atomic E-state index is 10.1. The van der Waals surface area contributed by atoms with E-state index in [1.807, 2.05) is 38.1 Å². The number of aliphatic hydroxyl groups is 1. The molecule has 0 saturated carbocycles.